The third kappa shape index (κ3) is 7.61. The normalized spacial score (nSPS) is 11.7. The van der Waals surface area contributed by atoms with E-state index in [1.54, 1.807) is 13.1 Å². The molecule has 3 rings (SSSR count). The number of rotatable bonds is 12. The molecule has 1 heterocycles. The van der Waals surface area contributed by atoms with Crippen LogP contribution in [0.15, 0.2) is 59.1 Å². The van der Waals surface area contributed by atoms with E-state index < -0.39 is 23.8 Å². The zero-order valence-electron chi connectivity index (χ0n) is 20.0. The maximum atomic E-state index is 13.9. The van der Waals surface area contributed by atoms with Crippen molar-refractivity contribution in [3.63, 3.8) is 0 Å². The number of aromatic nitrogens is 1. The smallest absolute Gasteiger partial charge is 0.412 e. The molecule has 2 amide bonds. The predicted octanol–water partition coefficient (Wildman–Crippen LogP) is 4.79. The van der Waals surface area contributed by atoms with Crippen LogP contribution in [0.5, 0.6) is 0 Å². The van der Waals surface area contributed by atoms with Crippen molar-refractivity contribution in [3.05, 3.63) is 71.8 Å². The minimum absolute atomic E-state index is 0.000475. The van der Waals surface area contributed by atoms with E-state index in [2.05, 4.69) is 10.5 Å². The summed E-state index contributed by atoms with van der Waals surface area (Å²) in [5.74, 6) is -1.57. The van der Waals surface area contributed by atoms with Gasteiger partial charge >= 0.3 is 6.09 Å². The van der Waals surface area contributed by atoms with Gasteiger partial charge in [0.25, 0.3) is 0 Å². The van der Waals surface area contributed by atoms with Crippen LogP contribution in [0.1, 0.15) is 31.2 Å². The van der Waals surface area contributed by atoms with Gasteiger partial charge in [-0.2, -0.15) is 0 Å². The molecule has 0 aliphatic carbocycles. The van der Waals surface area contributed by atoms with Crippen molar-refractivity contribution in [2.45, 2.75) is 38.1 Å². The van der Waals surface area contributed by atoms with Crippen LogP contribution in [0.3, 0.4) is 0 Å². The van der Waals surface area contributed by atoms with Gasteiger partial charge in [-0.05, 0) is 37.3 Å². The lowest BCUT2D eigenvalue weighted by atomic mass is 10.1. The average molecular weight is 502 g/mol. The summed E-state index contributed by atoms with van der Waals surface area (Å²) < 4.78 is 37.9. The molecule has 2 N–H and O–H groups in total. The molecule has 10 heteroatoms. The van der Waals surface area contributed by atoms with Gasteiger partial charge in [0, 0.05) is 31.7 Å². The van der Waals surface area contributed by atoms with E-state index in [0.717, 1.165) is 11.6 Å². The monoisotopic (exact) mass is 501 g/mol. The number of hydrogen-bond acceptors (Lipinski definition) is 6. The highest BCUT2D eigenvalue weighted by atomic mass is 19.2. The molecule has 0 radical (unpaired) electrons. The van der Waals surface area contributed by atoms with Crippen LogP contribution in [-0.4, -0.2) is 53.5 Å². The molecule has 0 aliphatic rings. The van der Waals surface area contributed by atoms with Crippen molar-refractivity contribution in [1.82, 2.24) is 10.1 Å². The number of hydrogen-bond donors (Lipinski definition) is 2. The van der Waals surface area contributed by atoms with E-state index in [4.69, 9.17) is 14.4 Å². The highest BCUT2D eigenvalue weighted by molar-refractivity contribution is 5.84. The maximum Gasteiger partial charge on any atom is 0.412 e. The molecular formula is C26H29F2N3O5. The largest absolute Gasteiger partial charge is 0.447 e. The predicted molar refractivity (Wildman–Crippen MR) is 129 cm³/mol. The SMILES string of the molecule is CN(C(=O)CCc1cccc(F)c1F)[C@@H](CCCCO)COC(=O)Nc1cc(-c2ccccc2)on1. The number of aliphatic hydroxyl groups excluding tert-OH is 1. The topological polar surface area (TPSA) is 105 Å². The summed E-state index contributed by atoms with van der Waals surface area (Å²) in [6.07, 6.45) is 0.838. The van der Waals surface area contributed by atoms with Crippen molar-refractivity contribution < 1.29 is 32.7 Å². The van der Waals surface area contributed by atoms with Crippen LogP contribution in [0.2, 0.25) is 0 Å². The molecule has 192 valence electrons. The number of carbonyl (C=O) groups excluding carboxylic acids is 2. The third-order valence-electron chi connectivity index (χ3n) is 5.73. The minimum atomic E-state index is -0.962. The Morgan fingerprint density at radius 2 is 1.92 bits per heavy atom. The standard InChI is InChI=1S/C26H29F2N3O5/c1-31(24(33)14-13-19-10-7-12-21(27)25(19)28)20(11-5-6-15-32)17-35-26(34)29-23-16-22(36-30-23)18-8-3-2-4-9-18/h2-4,7-10,12,16,20,32H,5-6,11,13-15,17H2,1H3,(H,29,30,34)/t20-/m0/s1. The molecule has 36 heavy (non-hydrogen) atoms. The van der Waals surface area contributed by atoms with Crippen LogP contribution in [0.25, 0.3) is 11.3 Å². The summed E-state index contributed by atoms with van der Waals surface area (Å²) in [4.78, 5) is 26.5. The Bertz CT molecular complexity index is 1140. The fraction of sp³-hybridized carbons (Fsp3) is 0.346. The first-order valence-corrected chi connectivity index (χ1v) is 11.6. The Kier molecular flexibility index (Phi) is 9.93. The first kappa shape index (κ1) is 26.8. The molecule has 0 bridgehead atoms. The molecule has 3 aromatic rings. The molecule has 8 nitrogen and oxygen atoms in total. The van der Waals surface area contributed by atoms with Gasteiger partial charge in [0.05, 0.1) is 6.04 Å². The van der Waals surface area contributed by atoms with Gasteiger partial charge in [0.1, 0.15) is 6.61 Å². The van der Waals surface area contributed by atoms with Gasteiger partial charge in [0.2, 0.25) is 5.91 Å². The van der Waals surface area contributed by atoms with Crippen molar-refractivity contribution in [2.75, 3.05) is 25.6 Å². The van der Waals surface area contributed by atoms with Crippen molar-refractivity contribution in [3.8, 4) is 11.3 Å². The zero-order valence-corrected chi connectivity index (χ0v) is 20.0. The molecular weight excluding hydrogens is 472 g/mol. The van der Waals surface area contributed by atoms with Crippen LogP contribution in [0.4, 0.5) is 19.4 Å². The van der Waals surface area contributed by atoms with E-state index in [1.165, 1.54) is 17.0 Å². The van der Waals surface area contributed by atoms with Gasteiger partial charge in [-0.25, -0.2) is 13.6 Å². The lowest BCUT2D eigenvalue weighted by molar-refractivity contribution is -0.133. The fourth-order valence-corrected chi connectivity index (χ4v) is 3.63. The Labute approximate surface area is 207 Å². The molecule has 0 saturated carbocycles. The second-order valence-electron chi connectivity index (χ2n) is 8.26. The molecule has 0 aliphatic heterocycles. The van der Waals surface area contributed by atoms with E-state index in [1.807, 2.05) is 30.3 Å². The lowest BCUT2D eigenvalue weighted by Crippen LogP contribution is -2.41. The number of likely N-dealkylation sites (N-methyl/N-ethyl adjacent to an activating group) is 1. The van der Waals surface area contributed by atoms with E-state index in [9.17, 15) is 18.4 Å². The van der Waals surface area contributed by atoms with Gasteiger partial charge in [0.15, 0.2) is 23.2 Å². The summed E-state index contributed by atoms with van der Waals surface area (Å²) in [5, 5.41) is 15.4. The Morgan fingerprint density at radius 3 is 2.67 bits per heavy atom. The number of aliphatic hydroxyl groups is 1. The van der Waals surface area contributed by atoms with E-state index in [-0.39, 0.29) is 43.3 Å². The van der Waals surface area contributed by atoms with Crippen molar-refractivity contribution >= 4 is 17.8 Å². The third-order valence-corrected chi connectivity index (χ3v) is 5.73. The average Bonchev–Trinajstić information content (AvgIpc) is 3.35. The van der Waals surface area contributed by atoms with Crippen LogP contribution >= 0.6 is 0 Å². The summed E-state index contributed by atoms with van der Waals surface area (Å²) in [5.41, 5.74) is 0.917. The first-order chi connectivity index (χ1) is 17.4. The Balaban J connectivity index is 1.55. The summed E-state index contributed by atoms with van der Waals surface area (Å²) in [6.45, 7) is -0.0995. The molecule has 0 spiro atoms. The van der Waals surface area contributed by atoms with E-state index in [0.29, 0.717) is 25.0 Å². The van der Waals surface area contributed by atoms with Crippen LogP contribution in [0, 0.1) is 11.6 Å². The number of ether oxygens (including phenoxy) is 1. The molecule has 0 saturated heterocycles. The first-order valence-electron chi connectivity index (χ1n) is 11.6. The number of benzene rings is 2. The molecule has 1 aromatic heterocycles. The Hall–Kier alpha value is -3.79. The zero-order chi connectivity index (χ0) is 25.9. The van der Waals surface area contributed by atoms with Gasteiger partial charge in [-0.15, -0.1) is 0 Å². The number of amides is 2. The summed E-state index contributed by atoms with van der Waals surface area (Å²) in [7, 11) is 1.57. The molecule has 1 atom stereocenters. The molecule has 0 fully saturated rings. The second-order valence-corrected chi connectivity index (χ2v) is 8.26. The van der Waals surface area contributed by atoms with Crippen molar-refractivity contribution in [1.29, 1.82) is 0 Å². The molecule has 0 unspecified atom stereocenters. The number of carbonyl (C=O) groups is 2. The number of aryl methyl sites for hydroxylation is 1. The van der Waals surface area contributed by atoms with Crippen LogP contribution in [-0.2, 0) is 16.0 Å². The summed E-state index contributed by atoms with van der Waals surface area (Å²) in [6, 6.07) is 14.2. The van der Waals surface area contributed by atoms with Gasteiger partial charge in [-0.3, -0.25) is 10.1 Å². The minimum Gasteiger partial charge on any atom is -0.447 e. The van der Waals surface area contributed by atoms with E-state index >= 15 is 0 Å². The summed E-state index contributed by atoms with van der Waals surface area (Å²) >= 11 is 0. The highest BCUT2D eigenvalue weighted by Crippen LogP contribution is 2.22. The van der Waals surface area contributed by atoms with Gasteiger partial charge in [-0.1, -0.05) is 47.6 Å². The highest BCUT2D eigenvalue weighted by Gasteiger charge is 2.22. The quantitative estimate of drug-likeness (QED) is 0.346. The molecule has 2 aromatic carbocycles. The van der Waals surface area contributed by atoms with Crippen LogP contribution < -0.4 is 5.32 Å². The Morgan fingerprint density at radius 1 is 1.14 bits per heavy atom. The fourth-order valence-electron chi connectivity index (χ4n) is 3.63. The van der Waals surface area contributed by atoms with Gasteiger partial charge < -0.3 is 19.3 Å². The number of nitrogens with one attached hydrogen (secondary N) is 1. The number of halogens is 2. The second kappa shape index (κ2) is 13.3. The number of anilines is 1. The number of unbranched alkanes of at least 4 members (excludes halogenated alkanes) is 1. The van der Waals surface area contributed by atoms with Crippen molar-refractivity contribution in [2.24, 2.45) is 0 Å². The number of nitrogens with zero attached hydrogens (tertiary/aromatic N) is 2. The lowest BCUT2D eigenvalue weighted by Gasteiger charge is -2.28. The maximum absolute atomic E-state index is 13.9.